The molecule has 70 valence electrons. The minimum absolute atomic E-state index is 0. The third kappa shape index (κ3) is 1.43. The lowest BCUT2D eigenvalue weighted by molar-refractivity contribution is -0.142. The molecule has 2 saturated heterocycles. The summed E-state index contributed by atoms with van der Waals surface area (Å²) in [6.45, 7) is 1.09. The van der Waals surface area contributed by atoms with Crippen molar-refractivity contribution in [3.8, 4) is 0 Å². The highest BCUT2D eigenvalue weighted by Crippen LogP contribution is 2.45. The number of hydrogen-bond acceptors (Lipinski definition) is 3. The van der Waals surface area contributed by atoms with Crippen LogP contribution in [-0.2, 0) is 9.53 Å². The Morgan fingerprint density at radius 2 is 2.33 bits per heavy atom. The summed E-state index contributed by atoms with van der Waals surface area (Å²) in [4.78, 5) is 10.9. The fraction of sp³-hybridized carbons (Fsp3) is 0.875. The second kappa shape index (κ2) is 3.23. The molecule has 0 aromatic rings. The molecule has 0 aromatic carbocycles. The molecule has 2 bridgehead atoms. The van der Waals surface area contributed by atoms with E-state index < -0.39 is 0 Å². The summed E-state index contributed by atoms with van der Waals surface area (Å²) in [7, 11) is 1.45. The standard InChI is InChI=1S/C8H13NO2.ClH/c1-11-7(10)4-8-2-6(3-8)5-9-8;/h6,9H,2-5H2,1H3;1H. The minimum Gasteiger partial charge on any atom is -0.469 e. The Kier molecular flexibility index (Phi) is 2.64. The summed E-state index contributed by atoms with van der Waals surface area (Å²) in [6, 6.07) is 0. The molecular weight excluding hydrogens is 178 g/mol. The Labute approximate surface area is 78.3 Å². The summed E-state index contributed by atoms with van der Waals surface area (Å²) in [5.74, 6) is 0.748. The van der Waals surface area contributed by atoms with E-state index in [1.807, 2.05) is 0 Å². The van der Waals surface area contributed by atoms with Crippen LogP contribution in [0.3, 0.4) is 0 Å². The molecule has 1 saturated carbocycles. The third-order valence-corrected chi connectivity index (χ3v) is 2.83. The molecule has 1 N–H and O–H groups in total. The number of halogens is 1. The first-order valence-electron chi connectivity index (χ1n) is 4.06. The van der Waals surface area contributed by atoms with Gasteiger partial charge in [-0.2, -0.15) is 0 Å². The number of carbonyl (C=O) groups excluding carboxylic acids is 1. The Bertz CT molecular complexity index is 184. The van der Waals surface area contributed by atoms with Gasteiger partial charge in [-0.15, -0.1) is 12.4 Å². The van der Waals surface area contributed by atoms with E-state index in [9.17, 15) is 4.79 Å². The largest absolute Gasteiger partial charge is 0.469 e. The molecular formula is C8H14ClNO2. The number of carbonyl (C=O) groups is 1. The highest BCUT2D eigenvalue weighted by Gasteiger charge is 2.51. The van der Waals surface area contributed by atoms with Gasteiger partial charge in [-0.3, -0.25) is 4.79 Å². The van der Waals surface area contributed by atoms with Gasteiger partial charge in [0.05, 0.1) is 13.5 Å². The molecule has 3 aliphatic rings. The molecule has 2 aliphatic heterocycles. The molecule has 0 radical (unpaired) electrons. The quantitative estimate of drug-likeness (QED) is 0.654. The van der Waals surface area contributed by atoms with Crippen LogP contribution in [0.1, 0.15) is 19.3 Å². The Morgan fingerprint density at radius 1 is 1.67 bits per heavy atom. The van der Waals surface area contributed by atoms with Crippen LogP contribution < -0.4 is 5.32 Å². The zero-order valence-electron chi connectivity index (χ0n) is 7.13. The average Bonchev–Trinajstić information content (AvgIpc) is 2.45. The van der Waals surface area contributed by atoms with Gasteiger partial charge in [-0.1, -0.05) is 0 Å². The summed E-state index contributed by atoms with van der Waals surface area (Å²) in [5.41, 5.74) is 0.137. The van der Waals surface area contributed by atoms with E-state index in [1.165, 1.54) is 20.0 Å². The van der Waals surface area contributed by atoms with Crippen molar-refractivity contribution < 1.29 is 9.53 Å². The van der Waals surface area contributed by atoms with Crippen LogP contribution in [0, 0.1) is 5.92 Å². The fourth-order valence-corrected chi connectivity index (χ4v) is 2.25. The molecule has 3 fully saturated rings. The molecule has 12 heavy (non-hydrogen) atoms. The topological polar surface area (TPSA) is 38.3 Å². The van der Waals surface area contributed by atoms with Crippen LogP contribution in [0.5, 0.6) is 0 Å². The zero-order valence-corrected chi connectivity index (χ0v) is 7.95. The van der Waals surface area contributed by atoms with Crippen molar-refractivity contribution in [1.82, 2.24) is 5.32 Å². The molecule has 2 heterocycles. The highest BCUT2D eigenvalue weighted by atomic mass is 35.5. The first-order valence-corrected chi connectivity index (χ1v) is 4.06. The summed E-state index contributed by atoms with van der Waals surface area (Å²) >= 11 is 0. The van der Waals surface area contributed by atoms with Gasteiger partial charge in [-0.05, 0) is 25.3 Å². The van der Waals surface area contributed by atoms with Gasteiger partial charge < -0.3 is 10.1 Å². The molecule has 0 aromatic heterocycles. The molecule has 0 atom stereocenters. The van der Waals surface area contributed by atoms with Gasteiger partial charge in [0, 0.05) is 5.54 Å². The molecule has 0 unspecified atom stereocenters. The third-order valence-electron chi connectivity index (χ3n) is 2.83. The molecule has 3 rings (SSSR count). The van der Waals surface area contributed by atoms with Gasteiger partial charge >= 0.3 is 5.97 Å². The molecule has 4 heteroatoms. The molecule has 0 spiro atoms. The van der Waals surface area contributed by atoms with Crippen LogP contribution in [-0.4, -0.2) is 25.2 Å². The molecule has 1 aliphatic carbocycles. The lowest BCUT2D eigenvalue weighted by atomic mass is 9.72. The van der Waals surface area contributed by atoms with Crippen molar-refractivity contribution in [2.75, 3.05) is 13.7 Å². The van der Waals surface area contributed by atoms with Crippen molar-refractivity contribution in [3.05, 3.63) is 0 Å². The van der Waals surface area contributed by atoms with Crippen molar-refractivity contribution >= 4 is 18.4 Å². The zero-order chi connectivity index (χ0) is 7.90. The van der Waals surface area contributed by atoms with E-state index in [4.69, 9.17) is 0 Å². The van der Waals surface area contributed by atoms with E-state index in [-0.39, 0.29) is 23.9 Å². The summed E-state index contributed by atoms with van der Waals surface area (Å²) in [6.07, 6.45) is 2.89. The van der Waals surface area contributed by atoms with E-state index in [0.29, 0.717) is 6.42 Å². The van der Waals surface area contributed by atoms with E-state index >= 15 is 0 Å². The van der Waals surface area contributed by atoms with Crippen molar-refractivity contribution in [2.24, 2.45) is 5.92 Å². The smallest absolute Gasteiger partial charge is 0.307 e. The van der Waals surface area contributed by atoms with Crippen LogP contribution in [0.25, 0.3) is 0 Å². The van der Waals surface area contributed by atoms with E-state index in [1.54, 1.807) is 0 Å². The van der Waals surface area contributed by atoms with Gasteiger partial charge in [0.15, 0.2) is 0 Å². The minimum atomic E-state index is -0.0853. The molecule has 0 amide bonds. The SMILES string of the molecule is COC(=O)CC12CC(CN1)C2.Cl. The first-order chi connectivity index (χ1) is 5.24. The summed E-state index contributed by atoms with van der Waals surface area (Å²) in [5, 5.41) is 3.37. The highest BCUT2D eigenvalue weighted by molar-refractivity contribution is 5.85. The number of nitrogens with one attached hydrogen (secondary N) is 1. The number of rotatable bonds is 2. The van der Waals surface area contributed by atoms with Crippen LogP contribution in [0.4, 0.5) is 0 Å². The van der Waals surface area contributed by atoms with Gasteiger partial charge in [0.2, 0.25) is 0 Å². The second-order valence-electron chi connectivity index (χ2n) is 3.69. The number of esters is 1. The Balaban J connectivity index is 0.000000720. The lowest BCUT2D eigenvalue weighted by Crippen LogP contribution is -2.45. The van der Waals surface area contributed by atoms with E-state index in [2.05, 4.69) is 10.1 Å². The van der Waals surface area contributed by atoms with Crippen LogP contribution in [0.2, 0.25) is 0 Å². The van der Waals surface area contributed by atoms with E-state index in [0.717, 1.165) is 12.5 Å². The number of methoxy groups -OCH3 is 1. The van der Waals surface area contributed by atoms with Crippen molar-refractivity contribution in [3.63, 3.8) is 0 Å². The van der Waals surface area contributed by atoms with Crippen LogP contribution >= 0.6 is 12.4 Å². The lowest BCUT2D eigenvalue weighted by Gasteiger charge is -2.36. The van der Waals surface area contributed by atoms with Crippen molar-refractivity contribution in [1.29, 1.82) is 0 Å². The Hall–Kier alpha value is -0.280. The Morgan fingerprint density at radius 3 is 2.75 bits per heavy atom. The molecule has 3 nitrogen and oxygen atoms in total. The van der Waals surface area contributed by atoms with Gasteiger partial charge in [-0.25, -0.2) is 0 Å². The summed E-state index contributed by atoms with van der Waals surface area (Å²) < 4.78 is 4.62. The first kappa shape index (κ1) is 9.81. The number of ether oxygens (including phenoxy) is 1. The maximum absolute atomic E-state index is 10.9. The average molecular weight is 192 g/mol. The predicted octanol–water partition coefficient (Wildman–Crippen LogP) is 0.723. The monoisotopic (exact) mass is 191 g/mol. The maximum Gasteiger partial charge on any atom is 0.307 e. The number of fused-ring (bicyclic) bond motifs is 1. The fourth-order valence-electron chi connectivity index (χ4n) is 2.25. The normalized spacial score (nSPS) is 36.6. The van der Waals surface area contributed by atoms with Gasteiger partial charge in [0.25, 0.3) is 0 Å². The maximum atomic E-state index is 10.9. The second-order valence-corrected chi connectivity index (χ2v) is 3.69. The van der Waals surface area contributed by atoms with Crippen LogP contribution in [0.15, 0.2) is 0 Å². The predicted molar refractivity (Wildman–Crippen MR) is 47.3 cm³/mol. The van der Waals surface area contributed by atoms with Crippen molar-refractivity contribution in [2.45, 2.75) is 24.8 Å². The number of hydrogen-bond donors (Lipinski definition) is 1. The van der Waals surface area contributed by atoms with Gasteiger partial charge in [0.1, 0.15) is 0 Å².